The molecule has 0 spiro atoms. The standard InChI is InChI=1S/C18H23N3O2/c1-12-7-5-6-8-17(12)23-16-10-20(11-16)18(22)15(4)21-14(3)9-13(2)19-21/h5-9,15-16H,10-11H2,1-4H3/t15-/m1/s1. The maximum absolute atomic E-state index is 12.6. The molecule has 122 valence electrons. The third-order valence-electron chi connectivity index (χ3n) is 4.32. The number of para-hydroxylation sites is 1. The van der Waals surface area contributed by atoms with Crippen LogP contribution in [0.2, 0.25) is 0 Å². The number of amides is 1. The molecule has 1 aromatic carbocycles. The maximum Gasteiger partial charge on any atom is 0.247 e. The fourth-order valence-corrected chi connectivity index (χ4v) is 2.97. The third-order valence-corrected chi connectivity index (χ3v) is 4.32. The molecule has 1 fully saturated rings. The van der Waals surface area contributed by atoms with Crippen molar-refractivity contribution in [2.24, 2.45) is 0 Å². The van der Waals surface area contributed by atoms with Crippen LogP contribution in [-0.2, 0) is 4.79 Å². The van der Waals surface area contributed by atoms with Crippen LogP contribution in [-0.4, -0.2) is 39.8 Å². The van der Waals surface area contributed by atoms with Crippen molar-refractivity contribution in [3.8, 4) is 5.75 Å². The molecule has 0 N–H and O–H groups in total. The Morgan fingerprint density at radius 2 is 1.96 bits per heavy atom. The van der Waals surface area contributed by atoms with Crippen LogP contribution in [0.15, 0.2) is 30.3 Å². The van der Waals surface area contributed by atoms with E-state index in [1.807, 2.05) is 62.9 Å². The van der Waals surface area contributed by atoms with Gasteiger partial charge in [0.05, 0.1) is 18.8 Å². The highest BCUT2D eigenvalue weighted by molar-refractivity contribution is 5.81. The second-order valence-corrected chi connectivity index (χ2v) is 6.30. The molecular weight excluding hydrogens is 290 g/mol. The van der Waals surface area contributed by atoms with E-state index in [4.69, 9.17) is 4.74 Å². The predicted octanol–water partition coefficient (Wildman–Crippen LogP) is 2.66. The second kappa shape index (κ2) is 6.07. The van der Waals surface area contributed by atoms with Gasteiger partial charge in [0.2, 0.25) is 5.91 Å². The average molecular weight is 313 g/mol. The zero-order valence-corrected chi connectivity index (χ0v) is 14.1. The molecule has 23 heavy (non-hydrogen) atoms. The van der Waals surface area contributed by atoms with Gasteiger partial charge in [-0.2, -0.15) is 5.10 Å². The Kier molecular flexibility index (Phi) is 4.11. The van der Waals surface area contributed by atoms with Crippen molar-refractivity contribution < 1.29 is 9.53 Å². The average Bonchev–Trinajstić information content (AvgIpc) is 2.81. The first kappa shape index (κ1) is 15.6. The van der Waals surface area contributed by atoms with Crippen molar-refractivity contribution in [3.63, 3.8) is 0 Å². The van der Waals surface area contributed by atoms with Gasteiger partial charge in [0, 0.05) is 5.69 Å². The van der Waals surface area contributed by atoms with E-state index in [0.717, 1.165) is 22.7 Å². The van der Waals surface area contributed by atoms with Crippen LogP contribution in [0.4, 0.5) is 0 Å². The SMILES string of the molecule is Cc1cc(C)n([C@H](C)C(=O)N2CC(Oc3ccccc3C)C2)n1. The number of aryl methyl sites for hydroxylation is 3. The summed E-state index contributed by atoms with van der Waals surface area (Å²) in [5, 5.41) is 4.41. The first-order valence-corrected chi connectivity index (χ1v) is 7.99. The lowest BCUT2D eigenvalue weighted by molar-refractivity contribution is -0.143. The van der Waals surface area contributed by atoms with Crippen molar-refractivity contribution in [2.45, 2.75) is 39.8 Å². The van der Waals surface area contributed by atoms with Gasteiger partial charge >= 0.3 is 0 Å². The summed E-state index contributed by atoms with van der Waals surface area (Å²) in [6.07, 6.45) is 0.0766. The van der Waals surface area contributed by atoms with Crippen molar-refractivity contribution >= 4 is 5.91 Å². The Morgan fingerprint density at radius 3 is 2.57 bits per heavy atom. The van der Waals surface area contributed by atoms with Gasteiger partial charge in [0.1, 0.15) is 17.9 Å². The number of benzene rings is 1. The summed E-state index contributed by atoms with van der Waals surface area (Å²) in [4.78, 5) is 14.4. The molecule has 1 saturated heterocycles. The van der Waals surface area contributed by atoms with E-state index in [2.05, 4.69) is 5.10 Å². The lowest BCUT2D eigenvalue weighted by Crippen LogP contribution is -2.57. The van der Waals surface area contributed by atoms with Crippen LogP contribution < -0.4 is 4.74 Å². The highest BCUT2D eigenvalue weighted by Crippen LogP contribution is 2.23. The van der Waals surface area contributed by atoms with Gasteiger partial charge in [-0.3, -0.25) is 9.48 Å². The summed E-state index contributed by atoms with van der Waals surface area (Å²) in [5.41, 5.74) is 3.07. The number of aromatic nitrogens is 2. The Balaban J connectivity index is 1.57. The second-order valence-electron chi connectivity index (χ2n) is 6.30. The fourth-order valence-electron chi connectivity index (χ4n) is 2.97. The predicted molar refractivity (Wildman–Crippen MR) is 88.6 cm³/mol. The van der Waals surface area contributed by atoms with Crippen molar-refractivity contribution in [3.05, 3.63) is 47.3 Å². The summed E-state index contributed by atoms with van der Waals surface area (Å²) in [5.74, 6) is 0.997. The van der Waals surface area contributed by atoms with Crippen LogP contribution in [0, 0.1) is 20.8 Å². The molecule has 5 heteroatoms. The number of hydrogen-bond acceptors (Lipinski definition) is 3. The molecular formula is C18H23N3O2. The molecule has 0 radical (unpaired) electrons. The summed E-state index contributed by atoms with van der Waals surface area (Å²) in [7, 11) is 0. The molecule has 0 saturated carbocycles. The quantitative estimate of drug-likeness (QED) is 0.872. The van der Waals surface area contributed by atoms with E-state index in [9.17, 15) is 4.79 Å². The van der Waals surface area contributed by atoms with Gasteiger partial charge in [0.15, 0.2) is 0 Å². The lowest BCUT2D eigenvalue weighted by atomic mass is 10.1. The first-order valence-electron chi connectivity index (χ1n) is 7.99. The molecule has 0 unspecified atom stereocenters. The normalized spacial score (nSPS) is 16.1. The van der Waals surface area contributed by atoms with E-state index in [-0.39, 0.29) is 18.1 Å². The zero-order valence-electron chi connectivity index (χ0n) is 14.1. The van der Waals surface area contributed by atoms with Crippen molar-refractivity contribution in [2.75, 3.05) is 13.1 Å². The number of likely N-dealkylation sites (tertiary alicyclic amines) is 1. The molecule has 1 aromatic heterocycles. The van der Waals surface area contributed by atoms with Crippen LogP contribution in [0.5, 0.6) is 5.75 Å². The monoisotopic (exact) mass is 313 g/mol. The van der Waals surface area contributed by atoms with Crippen molar-refractivity contribution in [1.82, 2.24) is 14.7 Å². The molecule has 2 heterocycles. The fraction of sp³-hybridized carbons (Fsp3) is 0.444. The molecule has 5 nitrogen and oxygen atoms in total. The number of rotatable bonds is 4. The Morgan fingerprint density at radius 1 is 1.26 bits per heavy atom. The van der Waals surface area contributed by atoms with Gasteiger partial charge in [0.25, 0.3) is 0 Å². The molecule has 0 aliphatic carbocycles. The van der Waals surface area contributed by atoms with E-state index < -0.39 is 0 Å². The zero-order chi connectivity index (χ0) is 16.6. The molecule has 1 atom stereocenters. The van der Waals surface area contributed by atoms with Crippen LogP contribution >= 0.6 is 0 Å². The molecule has 1 aliphatic rings. The molecule has 2 aromatic rings. The van der Waals surface area contributed by atoms with Gasteiger partial charge in [-0.25, -0.2) is 0 Å². The Bertz CT molecular complexity index is 717. The minimum Gasteiger partial charge on any atom is -0.486 e. The van der Waals surface area contributed by atoms with Gasteiger partial charge in [-0.1, -0.05) is 18.2 Å². The summed E-state index contributed by atoms with van der Waals surface area (Å²) in [6.45, 7) is 9.12. The number of carbonyl (C=O) groups is 1. The molecule has 1 amide bonds. The third kappa shape index (κ3) is 3.09. The molecule has 0 bridgehead atoms. The van der Waals surface area contributed by atoms with Gasteiger partial charge < -0.3 is 9.64 Å². The van der Waals surface area contributed by atoms with Crippen molar-refractivity contribution in [1.29, 1.82) is 0 Å². The highest BCUT2D eigenvalue weighted by atomic mass is 16.5. The van der Waals surface area contributed by atoms with E-state index in [1.165, 1.54) is 0 Å². The van der Waals surface area contributed by atoms with Gasteiger partial charge in [-0.15, -0.1) is 0 Å². The molecule has 3 rings (SSSR count). The van der Waals surface area contributed by atoms with Crippen LogP contribution in [0.1, 0.15) is 29.9 Å². The summed E-state index contributed by atoms with van der Waals surface area (Å²) < 4.78 is 7.76. The largest absolute Gasteiger partial charge is 0.486 e. The number of ether oxygens (including phenoxy) is 1. The minimum atomic E-state index is -0.275. The maximum atomic E-state index is 12.6. The minimum absolute atomic E-state index is 0.0766. The summed E-state index contributed by atoms with van der Waals surface area (Å²) in [6, 6.07) is 9.68. The molecule has 1 aliphatic heterocycles. The first-order chi connectivity index (χ1) is 11.0. The summed E-state index contributed by atoms with van der Waals surface area (Å²) >= 11 is 0. The van der Waals surface area contributed by atoms with Gasteiger partial charge in [-0.05, 0) is 45.4 Å². The number of carbonyl (C=O) groups excluding carboxylic acids is 1. The van der Waals surface area contributed by atoms with Crippen LogP contribution in [0.3, 0.4) is 0 Å². The highest BCUT2D eigenvalue weighted by Gasteiger charge is 2.35. The topological polar surface area (TPSA) is 47.4 Å². The number of hydrogen-bond donors (Lipinski definition) is 0. The van der Waals surface area contributed by atoms with E-state index in [1.54, 1.807) is 4.68 Å². The lowest BCUT2D eigenvalue weighted by Gasteiger charge is -2.40. The Labute approximate surface area is 136 Å². The van der Waals surface area contributed by atoms with Crippen LogP contribution in [0.25, 0.3) is 0 Å². The smallest absolute Gasteiger partial charge is 0.247 e. The van der Waals surface area contributed by atoms with E-state index in [0.29, 0.717) is 13.1 Å². The Hall–Kier alpha value is -2.30. The number of nitrogens with zero attached hydrogens (tertiary/aromatic N) is 3. The van der Waals surface area contributed by atoms with E-state index >= 15 is 0 Å².